The molecule has 3 aromatic carbocycles. The number of ether oxygens (including phenoxy) is 1. The average Bonchev–Trinajstić information content (AvgIpc) is 3.13. The molecule has 35 heavy (non-hydrogen) atoms. The Bertz CT molecular complexity index is 1250. The van der Waals surface area contributed by atoms with Gasteiger partial charge in [-0.2, -0.15) is 0 Å². The highest BCUT2D eigenvalue weighted by Crippen LogP contribution is 2.43. The molecule has 3 aromatic rings. The van der Waals surface area contributed by atoms with Crippen LogP contribution >= 0.6 is 0 Å². The number of carbonyl (C=O) groups is 2. The number of anilines is 1. The van der Waals surface area contributed by atoms with Crippen molar-refractivity contribution >= 4 is 23.1 Å². The van der Waals surface area contributed by atoms with E-state index in [1.165, 1.54) is 29.2 Å². The summed E-state index contributed by atoms with van der Waals surface area (Å²) in [5.41, 5.74) is 2.32. The summed E-state index contributed by atoms with van der Waals surface area (Å²) in [5, 5.41) is 11.3. The quantitative estimate of drug-likeness (QED) is 0.180. The summed E-state index contributed by atoms with van der Waals surface area (Å²) in [6, 6.07) is 18.7. The summed E-state index contributed by atoms with van der Waals surface area (Å²) < 4.78 is 19.3. The Morgan fingerprint density at radius 3 is 2.31 bits per heavy atom. The molecule has 180 valence electrons. The second-order valence-electron chi connectivity index (χ2n) is 8.58. The molecule has 1 aliphatic heterocycles. The van der Waals surface area contributed by atoms with E-state index in [2.05, 4.69) is 6.92 Å². The van der Waals surface area contributed by atoms with Crippen LogP contribution in [0.2, 0.25) is 0 Å². The van der Waals surface area contributed by atoms with Gasteiger partial charge < -0.3 is 9.84 Å². The Hall–Kier alpha value is -3.93. The Balaban J connectivity index is 1.76. The van der Waals surface area contributed by atoms with Gasteiger partial charge in [0.2, 0.25) is 0 Å². The first-order valence-electron chi connectivity index (χ1n) is 11.8. The van der Waals surface area contributed by atoms with Gasteiger partial charge in [0.05, 0.1) is 18.2 Å². The predicted molar refractivity (Wildman–Crippen MR) is 134 cm³/mol. The number of halogens is 1. The minimum absolute atomic E-state index is 0.00904. The minimum atomic E-state index is -0.855. The van der Waals surface area contributed by atoms with Crippen molar-refractivity contribution < 1.29 is 23.8 Å². The van der Waals surface area contributed by atoms with Crippen LogP contribution in [0.3, 0.4) is 0 Å². The third-order valence-electron chi connectivity index (χ3n) is 6.18. The highest BCUT2D eigenvalue weighted by Gasteiger charge is 2.47. The molecular formula is C29H28FNO4. The van der Waals surface area contributed by atoms with Gasteiger partial charge >= 0.3 is 0 Å². The Morgan fingerprint density at radius 1 is 0.971 bits per heavy atom. The fourth-order valence-electron chi connectivity index (χ4n) is 4.29. The summed E-state index contributed by atoms with van der Waals surface area (Å²) in [6.45, 7) is 4.61. The normalized spacial score (nSPS) is 17.1. The van der Waals surface area contributed by atoms with Crippen molar-refractivity contribution in [3.63, 3.8) is 0 Å². The van der Waals surface area contributed by atoms with Gasteiger partial charge in [0.25, 0.3) is 11.7 Å². The maximum Gasteiger partial charge on any atom is 0.300 e. The van der Waals surface area contributed by atoms with Gasteiger partial charge in [-0.15, -0.1) is 0 Å². The van der Waals surface area contributed by atoms with Crippen molar-refractivity contribution in [3.05, 3.63) is 101 Å². The monoisotopic (exact) mass is 473 g/mol. The number of amides is 1. The van der Waals surface area contributed by atoms with Crippen LogP contribution in [-0.4, -0.2) is 23.4 Å². The molecule has 0 bridgehead atoms. The predicted octanol–water partition coefficient (Wildman–Crippen LogP) is 6.33. The molecule has 5 nitrogen and oxygen atoms in total. The summed E-state index contributed by atoms with van der Waals surface area (Å²) >= 11 is 0. The van der Waals surface area contributed by atoms with Gasteiger partial charge in [-0.3, -0.25) is 14.5 Å². The number of hydrogen-bond donors (Lipinski definition) is 1. The number of aliphatic hydroxyl groups excluding tert-OH is 1. The van der Waals surface area contributed by atoms with Crippen molar-refractivity contribution in [2.24, 2.45) is 0 Å². The Morgan fingerprint density at radius 2 is 1.66 bits per heavy atom. The van der Waals surface area contributed by atoms with Crippen LogP contribution < -0.4 is 9.64 Å². The zero-order chi connectivity index (χ0) is 24.9. The van der Waals surface area contributed by atoms with Crippen LogP contribution in [0.1, 0.15) is 48.9 Å². The van der Waals surface area contributed by atoms with Gasteiger partial charge in [-0.25, -0.2) is 4.39 Å². The van der Waals surface area contributed by atoms with Crippen LogP contribution in [0.15, 0.2) is 78.4 Å². The molecule has 4 rings (SSSR count). The van der Waals surface area contributed by atoms with Crippen molar-refractivity contribution in [2.75, 3.05) is 11.5 Å². The number of rotatable bonds is 8. The number of benzene rings is 3. The number of aryl methyl sites for hydroxylation is 1. The van der Waals surface area contributed by atoms with Gasteiger partial charge in [-0.1, -0.05) is 44.0 Å². The topological polar surface area (TPSA) is 66.8 Å². The lowest BCUT2D eigenvalue weighted by Crippen LogP contribution is -2.29. The molecule has 0 aromatic heterocycles. The van der Waals surface area contributed by atoms with E-state index in [-0.39, 0.29) is 11.3 Å². The van der Waals surface area contributed by atoms with Crippen molar-refractivity contribution in [1.29, 1.82) is 0 Å². The second kappa shape index (κ2) is 10.6. The molecule has 1 fully saturated rings. The molecule has 0 radical (unpaired) electrons. The molecule has 0 saturated carbocycles. The lowest BCUT2D eigenvalue weighted by molar-refractivity contribution is -0.132. The largest absolute Gasteiger partial charge is 0.507 e. The lowest BCUT2D eigenvalue weighted by Gasteiger charge is -2.26. The standard InChI is InChI=1S/C29H28FNO4/c1-3-4-7-18-35-23-16-10-20(11-17-23)27(32)25-26(24-9-6-5-8-19(24)2)31(29(34)28(25)33)22-14-12-21(30)13-15-22/h5-6,8-17,26,32H,3-4,7,18H2,1-2H3/b27-25-. The SMILES string of the molecule is CCCCCOc1ccc(/C(O)=C2/C(=O)C(=O)N(c3ccc(F)cc3)C2c2ccccc2C)cc1. The van der Waals surface area contributed by atoms with Gasteiger partial charge in [0.15, 0.2) is 0 Å². The highest BCUT2D eigenvalue weighted by molar-refractivity contribution is 6.51. The van der Waals surface area contributed by atoms with E-state index >= 15 is 0 Å². The zero-order valence-electron chi connectivity index (χ0n) is 19.8. The fraction of sp³-hybridized carbons (Fsp3) is 0.241. The number of carbonyl (C=O) groups excluding carboxylic acids is 2. The summed E-state index contributed by atoms with van der Waals surface area (Å²) in [4.78, 5) is 27.7. The van der Waals surface area contributed by atoms with E-state index in [0.717, 1.165) is 24.8 Å². The fourth-order valence-corrected chi connectivity index (χ4v) is 4.29. The van der Waals surface area contributed by atoms with Crippen molar-refractivity contribution in [1.82, 2.24) is 0 Å². The lowest BCUT2D eigenvalue weighted by atomic mass is 9.92. The second-order valence-corrected chi connectivity index (χ2v) is 8.58. The number of nitrogens with zero attached hydrogens (tertiary/aromatic N) is 1. The average molecular weight is 474 g/mol. The van der Waals surface area contributed by atoms with Gasteiger partial charge in [0, 0.05) is 11.3 Å². The molecule has 0 spiro atoms. The first-order chi connectivity index (χ1) is 16.9. The van der Waals surface area contributed by atoms with E-state index in [4.69, 9.17) is 4.74 Å². The van der Waals surface area contributed by atoms with Gasteiger partial charge in [-0.05, 0) is 73.0 Å². The molecule has 1 amide bonds. The number of unbranched alkanes of at least 4 members (excludes halogenated alkanes) is 2. The molecular weight excluding hydrogens is 445 g/mol. The maximum absolute atomic E-state index is 13.6. The van der Waals surface area contributed by atoms with E-state index in [9.17, 15) is 19.1 Å². The molecule has 1 unspecified atom stereocenters. The van der Waals surface area contributed by atoms with Crippen molar-refractivity contribution in [2.45, 2.75) is 39.2 Å². The number of aliphatic hydroxyl groups is 1. The first kappa shape index (κ1) is 24.2. The van der Waals surface area contributed by atoms with E-state index in [1.54, 1.807) is 24.3 Å². The third kappa shape index (κ3) is 4.97. The Kier molecular flexibility index (Phi) is 7.30. The molecule has 0 aliphatic carbocycles. The Labute approximate surface area is 204 Å². The number of Topliss-reactive ketones (excluding diaryl/α,β-unsaturated/α-hetero) is 1. The first-order valence-corrected chi connectivity index (χ1v) is 11.8. The molecule has 1 atom stereocenters. The zero-order valence-corrected chi connectivity index (χ0v) is 19.8. The van der Waals surface area contributed by atoms with Crippen LogP contribution in [0, 0.1) is 12.7 Å². The van der Waals surface area contributed by atoms with E-state index in [1.807, 2.05) is 31.2 Å². The maximum atomic E-state index is 13.6. The third-order valence-corrected chi connectivity index (χ3v) is 6.18. The smallest absolute Gasteiger partial charge is 0.300 e. The molecule has 1 heterocycles. The van der Waals surface area contributed by atoms with Gasteiger partial charge in [0.1, 0.15) is 17.3 Å². The number of ketones is 1. The molecule has 1 N–H and O–H groups in total. The van der Waals surface area contributed by atoms with E-state index < -0.39 is 23.5 Å². The summed E-state index contributed by atoms with van der Waals surface area (Å²) in [7, 11) is 0. The van der Waals surface area contributed by atoms with Crippen LogP contribution in [0.25, 0.3) is 5.76 Å². The number of hydrogen-bond acceptors (Lipinski definition) is 4. The molecule has 1 aliphatic rings. The van der Waals surface area contributed by atoms with Crippen LogP contribution in [-0.2, 0) is 9.59 Å². The summed E-state index contributed by atoms with van der Waals surface area (Å²) in [5.74, 6) is -1.62. The molecule has 6 heteroatoms. The molecule has 1 saturated heterocycles. The minimum Gasteiger partial charge on any atom is -0.507 e. The summed E-state index contributed by atoms with van der Waals surface area (Å²) in [6.07, 6.45) is 3.15. The van der Waals surface area contributed by atoms with Crippen LogP contribution in [0.5, 0.6) is 5.75 Å². The highest BCUT2D eigenvalue weighted by atomic mass is 19.1. The van der Waals surface area contributed by atoms with Crippen molar-refractivity contribution in [3.8, 4) is 5.75 Å². The van der Waals surface area contributed by atoms with E-state index in [0.29, 0.717) is 29.2 Å². The van der Waals surface area contributed by atoms with Crippen LogP contribution in [0.4, 0.5) is 10.1 Å².